The van der Waals surface area contributed by atoms with Gasteiger partial charge in [0.15, 0.2) is 5.76 Å². The number of rotatable bonds is 4. The minimum Gasteiger partial charge on any atom is -0.454 e. The number of likely N-dealkylation sites (N-methyl/N-ethyl adjacent to an activating group) is 1. The summed E-state index contributed by atoms with van der Waals surface area (Å²) in [6.45, 7) is 3.36. The molecule has 8 nitrogen and oxygen atoms in total. The Morgan fingerprint density at radius 3 is 2.84 bits per heavy atom. The van der Waals surface area contributed by atoms with Gasteiger partial charge in [-0.2, -0.15) is 5.10 Å². The second kappa shape index (κ2) is 7.63. The predicted molar refractivity (Wildman–Crippen MR) is 117 cm³/mol. The van der Waals surface area contributed by atoms with Crippen LogP contribution in [0.15, 0.2) is 53.2 Å². The molecule has 4 aromatic rings. The van der Waals surface area contributed by atoms with Crippen molar-refractivity contribution in [1.82, 2.24) is 29.5 Å². The summed E-state index contributed by atoms with van der Waals surface area (Å²) in [6, 6.07) is 12.0. The normalized spacial score (nSPS) is 16.5. The number of carbonyl (C=O) groups excluding carboxylic acids is 1. The number of benzene rings is 1. The molecule has 3 aromatic heterocycles. The Morgan fingerprint density at radius 1 is 1.23 bits per heavy atom. The van der Waals surface area contributed by atoms with Crippen LogP contribution in [-0.2, 0) is 0 Å². The van der Waals surface area contributed by atoms with Crippen LogP contribution in [-0.4, -0.2) is 68.7 Å². The molecule has 31 heavy (non-hydrogen) atoms. The number of hydrogen-bond donors (Lipinski definition) is 0. The first-order valence-corrected chi connectivity index (χ1v) is 10.3. The van der Waals surface area contributed by atoms with Crippen LogP contribution >= 0.6 is 0 Å². The lowest BCUT2D eigenvalue weighted by atomic mass is 10.2. The topological polar surface area (TPSA) is 80.3 Å². The van der Waals surface area contributed by atoms with Crippen molar-refractivity contribution < 1.29 is 9.21 Å². The molecule has 4 heterocycles. The van der Waals surface area contributed by atoms with Crippen molar-refractivity contribution >= 4 is 16.9 Å². The minimum atomic E-state index is 0.00142. The molecule has 1 saturated heterocycles. The highest BCUT2D eigenvalue weighted by atomic mass is 16.3. The monoisotopic (exact) mass is 416 g/mol. The molecule has 1 aliphatic heterocycles. The first-order chi connectivity index (χ1) is 15.0. The van der Waals surface area contributed by atoms with E-state index >= 15 is 0 Å². The van der Waals surface area contributed by atoms with Crippen molar-refractivity contribution in [2.75, 3.05) is 27.2 Å². The van der Waals surface area contributed by atoms with Crippen molar-refractivity contribution in [1.29, 1.82) is 0 Å². The van der Waals surface area contributed by atoms with E-state index in [-0.39, 0.29) is 5.91 Å². The number of para-hydroxylation sites is 1. The van der Waals surface area contributed by atoms with E-state index in [0.717, 1.165) is 36.2 Å². The Bertz CT molecular complexity index is 1220. The summed E-state index contributed by atoms with van der Waals surface area (Å²) in [5, 5.41) is 5.43. The predicted octanol–water partition coefficient (Wildman–Crippen LogP) is 3.16. The Hall–Kier alpha value is -3.52. The molecule has 1 atom stereocenters. The summed E-state index contributed by atoms with van der Waals surface area (Å²) in [6.07, 6.45) is 4.27. The van der Waals surface area contributed by atoms with E-state index < -0.39 is 0 Å². The quantitative estimate of drug-likeness (QED) is 0.508. The number of carbonyl (C=O) groups is 1. The molecule has 0 radical (unpaired) electrons. The molecule has 0 N–H and O–H groups in total. The Balaban J connectivity index is 1.43. The van der Waals surface area contributed by atoms with Gasteiger partial charge in [0.25, 0.3) is 11.9 Å². The van der Waals surface area contributed by atoms with Gasteiger partial charge in [-0.05, 0) is 45.6 Å². The molecule has 0 aliphatic carbocycles. The maximum atomic E-state index is 13.1. The lowest BCUT2D eigenvalue weighted by Gasteiger charge is -2.20. The number of fused-ring (bicyclic) bond motifs is 1. The summed E-state index contributed by atoms with van der Waals surface area (Å²) in [5.41, 5.74) is 2.78. The van der Waals surface area contributed by atoms with Gasteiger partial charge >= 0.3 is 0 Å². The smallest absolute Gasteiger partial charge is 0.257 e. The fourth-order valence-electron chi connectivity index (χ4n) is 4.04. The van der Waals surface area contributed by atoms with Crippen molar-refractivity contribution in [2.45, 2.75) is 19.4 Å². The zero-order valence-electron chi connectivity index (χ0n) is 17.8. The second-order valence-electron chi connectivity index (χ2n) is 8.10. The third kappa shape index (κ3) is 3.48. The number of amides is 1. The maximum absolute atomic E-state index is 13.1. The van der Waals surface area contributed by atoms with Crippen molar-refractivity contribution in [3.63, 3.8) is 0 Å². The van der Waals surface area contributed by atoms with Crippen molar-refractivity contribution in [3.8, 4) is 17.4 Å². The third-order valence-electron chi connectivity index (χ3n) is 5.93. The fourth-order valence-corrected chi connectivity index (χ4v) is 4.04. The fraction of sp³-hybridized carbons (Fsp3) is 0.304. The molecule has 1 aliphatic rings. The van der Waals surface area contributed by atoms with Crippen LogP contribution in [0.5, 0.6) is 0 Å². The molecule has 1 aromatic carbocycles. The van der Waals surface area contributed by atoms with Gasteiger partial charge in [-0.15, -0.1) is 0 Å². The number of hydrogen-bond acceptors (Lipinski definition) is 6. The molecule has 1 fully saturated rings. The van der Waals surface area contributed by atoms with Crippen LogP contribution < -0.4 is 0 Å². The van der Waals surface area contributed by atoms with Gasteiger partial charge in [0.2, 0.25) is 0 Å². The molecule has 0 bridgehead atoms. The number of furan rings is 1. The molecule has 1 unspecified atom stereocenters. The number of aromatic nitrogens is 4. The molecule has 0 saturated carbocycles. The lowest BCUT2D eigenvalue weighted by molar-refractivity contribution is 0.0782. The number of nitrogens with zero attached hydrogens (tertiary/aromatic N) is 6. The Labute approximate surface area is 180 Å². The van der Waals surface area contributed by atoms with E-state index in [1.165, 1.54) is 0 Å². The summed E-state index contributed by atoms with van der Waals surface area (Å²) in [4.78, 5) is 26.1. The standard InChI is InChI=1S/C23H24N6O2/c1-15-18(22(30)28-11-9-17(14-28)27(2)3)13-25-29(15)23-24-10-8-19(26-23)21-12-16-6-4-5-7-20(16)31-21/h4-8,10,12-13,17H,9,11,14H2,1-3H3. The van der Waals surface area contributed by atoms with Gasteiger partial charge in [-0.3, -0.25) is 4.79 Å². The van der Waals surface area contributed by atoms with Crippen molar-refractivity contribution in [2.24, 2.45) is 0 Å². The van der Waals surface area contributed by atoms with Crippen LogP contribution in [0.2, 0.25) is 0 Å². The highest BCUT2D eigenvalue weighted by Crippen LogP contribution is 2.27. The van der Waals surface area contributed by atoms with Crippen LogP contribution in [0.3, 0.4) is 0 Å². The minimum absolute atomic E-state index is 0.00142. The average Bonchev–Trinajstić information content (AvgIpc) is 3.51. The molecular formula is C23H24N6O2. The molecular weight excluding hydrogens is 392 g/mol. The molecule has 158 valence electrons. The average molecular weight is 416 g/mol. The highest BCUT2D eigenvalue weighted by Gasteiger charge is 2.30. The van der Waals surface area contributed by atoms with Gasteiger partial charge in [-0.25, -0.2) is 14.6 Å². The van der Waals surface area contributed by atoms with E-state index in [1.54, 1.807) is 23.1 Å². The first kappa shape index (κ1) is 19.4. The van der Waals surface area contributed by atoms with Gasteiger partial charge < -0.3 is 14.2 Å². The molecule has 8 heteroatoms. The largest absolute Gasteiger partial charge is 0.454 e. The number of likely N-dealkylation sites (tertiary alicyclic amines) is 1. The molecule has 0 spiro atoms. The molecule has 1 amide bonds. The van der Waals surface area contributed by atoms with E-state index in [1.807, 2.05) is 56.3 Å². The Kier molecular flexibility index (Phi) is 4.78. The summed E-state index contributed by atoms with van der Waals surface area (Å²) in [5.74, 6) is 1.07. The van der Waals surface area contributed by atoms with Gasteiger partial charge in [0.1, 0.15) is 11.3 Å². The highest BCUT2D eigenvalue weighted by molar-refractivity contribution is 5.95. The van der Waals surface area contributed by atoms with Gasteiger partial charge in [0.05, 0.1) is 17.5 Å². The summed E-state index contributed by atoms with van der Waals surface area (Å²) < 4.78 is 7.54. The van der Waals surface area contributed by atoms with E-state index in [2.05, 4.69) is 20.0 Å². The molecule has 5 rings (SSSR count). The zero-order chi connectivity index (χ0) is 21.5. The second-order valence-corrected chi connectivity index (χ2v) is 8.10. The van der Waals surface area contributed by atoms with Gasteiger partial charge in [0, 0.05) is 30.7 Å². The third-order valence-corrected chi connectivity index (χ3v) is 5.93. The SMILES string of the molecule is Cc1c(C(=O)N2CCC(N(C)C)C2)cnn1-c1nccc(-c2cc3ccccc3o2)n1. The summed E-state index contributed by atoms with van der Waals surface area (Å²) in [7, 11) is 4.10. The van der Waals surface area contributed by atoms with E-state index in [9.17, 15) is 4.79 Å². The van der Waals surface area contributed by atoms with Crippen LogP contribution in [0.25, 0.3) is 28.4 Å². The van der Waals surface area contributed by atoms with Crippen LogP contribution in [0.4, 0.5) is 0 Å². The van der Waals surface area contributed by atoms with Crippen LogP contribution in [0.1, 0.15) is 22.5 Å². The maximum Gasteiger partial charge on any atom is 0.257 e. The zero-order valence-corrected chi connectivity index (χ0v) is 17.8. The van der Waals surface area contributed by atoms with E-state index in [4.69, 9.17) is 4.42 Å². The first-order valence-electron chi connectivity index (χ1n) is 10.3. The van der Waals surface area contributed by atoms with Gasteiger partial charge in [-0.1, -0.05) is 18.2 Å². The van der Waals surface area contributed by atoms with E-state index in [0.29, 0.717) is 29.0 Å². The Morgan fingerprint density at radius 2 is 2.06 bits per heavy atom. The van der Waals surface area contributed by atoms with Crippen molar-refractivity contribution in [3.05, 3.63) is 60.0 Å². The summed E-state index contributed by atoms with van der Waals surface area (Å²) >= 11 is 0. The lowest BCUT2D eigenvalue weighted by Crippen LogP contribution is -2.34. The van der Waals surface area contributed by atoms with Crippen LogP contribution in [0, 0.1) is 6.92 Å².